The summed E-state index contributed by atoms with van der Waals surface area (Å²) in [7, 11) is 1.68. The minimum atomic E-state index is -0.784. The molecule has 1 amide bonds. The van der Waals surface area contributed by atoms with Gasteiger partial charge in [0.2, 0.25) is 5.91 Å². The minimum Gasteiger partial charge on any atom is -0.387 e. The van der Waals surface area contributed by atoms with Crippen LogP contribution in [0.2, 0.25) is 0 Å². The number of aryl methyl sites for hydroxylation is 2. The predicted molar refractivity (Wildman–Crippen MR) is 96.3 cm³/mol. The highest BCUT2D eigenvalue weighted by Crippen LogP contribution is 2.13. The van der Waals surface area contributed by atoms with Gasteiger partial charge in [0.25, 0.3) is 0 Å². The lowest BCUT2D eigenvalue weighted by Gasteiger charge is -2.13. The number of hydrogen-bond acceptors (Lipinski definition) is 3. The smallest absolute Gasteiger partial charge is 0.329 e. The SMILES string of the molecule is Cc1ccc([C@H](O)CNC(=O)Cn2c(=O)n(C)c3ccccc32)cc1. The van der Waals surface area contributed by atoms with E-state index in [1.54, 1.807) is 7.05 Å². The number of benzene rings is 2. The molecule has 25 heavy (non-hydrogen) atoms. The molecule has 0 radical (unpaired) electrons. The second kappa shape index (κ2) is 6.94. The standard InChI is InChI=1S/C19H21N3O3/c1-13-7-9-14(10-8-13)17(23)11-20-18(24)12-22-16-6-4-3-5-15(16)21(2)19(22)25/h3-10,17,23H,11-12H2,1-2H3,(H,20,24)/t17-/m1/s1. The van der Waals surface area contributed by atoms with Crippen molar-refractivity contribution in [3.63, 3.8) is 0 Å². The van der Waals surface area contributed by atoms with E-state index in [0.717, 1.165) is 16.6 Å². The molecular formula is C19H21N3O3. The zero-order valence-electron chi connectivity index (χ0n) is 14.3. The number of aliphatic hydroxyl groups is 1. The Labute approximate surface area is 145 Å². The van der Waals surface area contributed by atoms with Gasteiger partial charge in [0.15, 0.2) is 0 Å². The quantitative estimate of drug-likeness (QED) is 0.740. The topological polar surface area (TPSA) is 76.3 Å². The van der Waals surface area contributed by atoms with Gasteiger partial charge < -0.3 is 10.4 Å². The molecule has 0 aliphatic carbocycles. The fourth-order valence-corrected chi connectivity index (χ4v) is 2.83. The van der Waals surface area contributed by atoms with E-state index in [1.807, 2.05) is 55.5 Å². The second-order valence-electron chi connectivity index (χ2n) is 6.15. The molecule has 0 saturated carbocycles. The number of rotatable bonds is 5. The van der Waals surface area contributed by atoms with Gasteiger partial charge in [-0.3, -0.25) is 13.9 Å². The highest BCUT2D eigenvalue weighted by Gasteiger charge is 2.14. The summed E-state index contributed by atoms with van der Waals surface area (Å²) in [6.45, 7) is 1.99. The van der Waals surface area contributed by atoms with Gasteiger partial charge >= 0.3 is 5.69 Å². The highest BCUT2D eigenvalue weighted by molar-refractivity contribution is 5.80. The number of fused-ring (bicyclic) bond motifs is 1. The molecular weight excluding hydrogens is 318 g/mol. The van der Waals surface area contributed by atoms with Crippen LogP contribution in [0, 0.1) is 6.92 Å². The first-order valence-electron chi connectivity index (χ1n) is 8.13. The van der Waals surface area contributed by atoms with Gasteiger partial charge in [0.1, 0.15) is 6.54 Å². The van der Waals surface area contributed by atoms with Crippen LogP contribution in [0.25, 0.3) is 11.0 Å². The molecule has 0 fully saturated rings. The van der Waals surface area contributed by atoms with E-state index in [-0.39, 0.29) is 24.7 Å². The normalized spacial score (nSPS) is 12.3. The lowest BCUT2D eigenvalue weighted by atomic mass is 10.1. The lowest BCUT2D eigenvalue weighted by Crippen LogP contribution is -2.34. The molecule has 0 saturated heterocycles. The maximum Gasteiger partial charge on any atom is 0.329 e. The average Bonchev–Trinajstić information content (AvgIpc) is 2.85. The Hall–Kier alpha value is -2.86. The maximum absolute atomic E-state index is 12.3. The van der Waals surface area contributed by atoms with Crippen molar-refractivity contribution in [2.75, 3.05) is 6.54 Å². The van der Waals surface area contributed by atoms with Gasteiger partial charge in [-0.05, 0) is 24.6 Å². The first-order valence-corrected chi connectivity index (χ1v) is 8.13. The zero-order valence-corrected chi connectivity index (χ0v) is 14.3. The van der Waals surface area contributed by atoms with E-state index in [1.165, 1.54) is 9.13 Å². The number of nitrogens with zero attached hydrogens (tertiary/aromatic N) is 2. The number of carbonyl (C=O) groups is 1. The van der Waals surface area contributed by atoms with Crippen LogP contribution in [0.15, 0.2) is 53.3 Å². The number of nitrogens with one attached hydrogen (secondary N) is 1. The van der Waals surface area contributed by atoms with Crippen LogP contribution in [0.3, 0.4) is 0 Å². The molecule has 6 heteroatoms. The minimum absolute atomic E-state index is 0.0825. The second-order valence-corrected chi connectivity index (χ2v) is 6.15. The summed E-state index contributed by atoms with van der Waals surface area (Å²) in [6, 6.07) is 14.8. The Bertz CT molecular complexity index is 954. The molecule has 3 rings (SSSR count). The van der Waals surface area contributed by atoms with Gasteiger partial charge in [-0.2, -0.15) is 0 Å². The van der Waals surface area contributed by atoms with Crippen molar-refractivity contribution in [1.29, 1.82) is 0 Å². The largest absolute Gasteiger partial charge is 0.387 e. The molecule has 2 N–H and O–H groups in total. The molecule has 1 atom stereocenters. The van der Waals surface area contributed by atoms with Gasteiger partial charge in [-0.1, -0.05) is 42.0 Å². The Morgan fingerprint density at radius 2 is 1.76 bits per heavy atom. The number of imidazole rings is 1. The third-order valence-electron chi connectivity index (χ3n) is 4.31. The summed E-state index contributed by atoms with van der Waals surface area (Å²) in [4.78, 5) is 24.5. The third-order valence-corrected chi connectivity index (χ3v) is 4.31. The van der Waals surface area contributed by atoms with Crippen molar-refractivity contribution in [2.24, 2.45) is 7.05 Å². The Morgan fingerprint density at radius 1 is 1.12 bits per heavy atom. The molecule has 0 bridgehead atoms. The first kappa shape index (κ1) is 17.0. The molecule has 130 valence electrons. The van der Waals surface area contributed by atoms with Crippen molar-refractivity contribution in [3.8, 4) is 0 Å². The summed E-state index contributed by atoms with van der Waals surface area (Å²) >= 11 is 0. The van der Waals surface area contributed by atoms with Gasteiger partial charge in [0, 0.05) is 13.6 Å². The fraction of sp³-hybridized carbons (Fsp3) is 0.263. The molecule has 2 aromatic carbocycles. The zero-order chi connectivity index (χ0) is 18.0. The Balaban J connectivity index is 1.68. The van der Waals surface area contributed by atoms with Crippen molar-refractivity contribution >= 4 is 16.9 Å². The van der Waals surface area contributed by atoms with Crippen LogP contribution < -0.4 is 11.0 Å². The fourth-order valence-electron chi connectivity index (χ4n) is 2.83. The van der Waals surface area contributed by atoms with Crippen molar-refractivity contribution in [2.45, 2.75) is 19.6 Å². The van der Waals surface area contributed by atoms with E-state index in [9.17, 15) is 14.7 Å². The number of aliphatic hydroxyl groups excluding tert-OH is 1. The van der Waals surface area contributed by atoms with E-state index >= 15 is 0 Å². The summed E-state index contributed by atoms with van der Waals surface area (Å²) in [5.74, 6) is -0.315. The summed E-state index contributed by atoms with van der Waals surface area (Å²) in [5, 5.41) is 12.9. The average molecular weight is 339 g/mol. The molecule has 3 aromatic rings. The van der Waals surface area contributed by atoms with Crippen LogP contribution >= 0.6 is 0 Å². The number of aromatic nitrogens is 2. The van der Waals surface area contributed by atoms with Crippen LogP contribution in [0.1, 0.15) is 17.2 Å². The monoisotopic (exact) mass is 339 g/mol. The van der Waals surface area contributed by atoms with E-state index in [0.29, 0.717) is 5.52 Å². The Kier molecular flexibility index (Phi) is 4.72. The van der Waals surface area contributed by atoms with Crippen molar-refractivity contribution in [1.82, 2.24) is 14.5 Å². The van der Waals surface area contributed by atoms with Crippen LogP contribution in [-0.4, -0.2) is 26.7 Å². The molecule has 1 aromatic heterocycles. The third kappa shape index (κ3) is 3.49. The number of carbonyl (C=O) groups excluding carboxylic acids is 1. The van der Waals surface area contributed by atoms with E-state index < -0.39 is 6.10 Å². The van der Waals surface area contributed by atoms with Crippen LogP contribution in [0.5, 0.6) is 0 Å². The van der Waals surface area contributed by atoms with Gasteiger partial charge in [0.05, 0.1) is 17.1 Å². The van der Waals surface area contributed by atoms with E-state index in [4.69, 9.17) is 0 Å². The predicted octanol–water partition coefficient (Wildman–Crippen LogP) is 1.50. The molecule has 0 spiro atoms. The van der Waals surface area contributed by atoms with E-state index in [2.05, 4.69) is 5.32 Å². The van der Waals surface area contributed by atoms with Gasteiger partial charge in [-0.15, -0.1) is 0 Å². The summed E-state index contributed by atoms with van der Waals surface area (Å²) in [5.41, 5.74) is 3.10. The summed E-state index contributed by atoms with van der Waals surface area (Å²) in [6.07, 6.45) is -0.784. The van der Waals surface area contributed by atoms with Gasteiger partial charge in [-0.25, -0.2) is 4.79 Å². The molecule has 0 unspecified atom stereocenters. The van der Waals surface area contributed by atoms with Crippen molar-refractivity contribution in [3.05, 3.63) is 70.1 Å². The molecule has 1 heterocycles. The maximum atomic E-state index is 12.3. The lowest BCUT2D eigenvalue weighted by molar-refractivity contribution is -0.122. The first-order chi connectivity index (χ1) is 12.0. The molecule has 6 nitrogen and oxygen atoms in total. The number of hydrogen-bond donors (Lipinski definition) is 2. The van der Waals surface area contributed by atoms with Crippen LogP contribution in [-0.2, 0) is 18.4 Å². The molecule has 0 aliphatic heterocycles. The number of amides is 1. The molecule has 0 aliphatic rings. The summed E-state index contributed by atoms with van der Waals surface area (Å²) < 4.78 is 2.95. The number of para-hydroxylation sites is 2. The van der Waals surface area contributed by atoms with Crippen LogP contribution in [0.4, 0.5) is 0 Å². The Morgan fingerprint density at radius 3 is 2.44 bits per heavy atom. The van der Waals surface area contributed by atoms with Crippen molar-refractivity contribution < 1.29 is 9.90 Å². The highest BCUT2D eigenvalue weighted by atomic mass is 16.3.